The quantitative estimate of drug-likeness (QED) is 0.511. The van der Waals surface area contributed by atoms with Crippen molar-refractivity contribution in [2.75, 3.05) is 0 Å². The van der Waals surface area contributed by atoms with Gasteiger partial charge in [-0.1, -0.05) is 55.0 Å². The number of amides is 1. The number of carboxylic acids is 1. The summed E-state index contributed by atoms with van der Waals surface area (Å²) >= 11 is 0. The van der Waals surface area contributed by atoms with E-state index in [1.54, 1.807) is 18.2 Å². The lowest BCUT2D eigenvalue weighted by atomic mass is 9.83. The van der Waals surface area contributed by atoms with Gasteiger partial charge in [-0.3, -0.25) is 9.59 Å². The van der Waals surface area contributed by atoms with Crippen LogP contribution in [0.3, 0.4) is 0 Å². The van der Waals surface area contributed by atoms with Gasteiger partial charge in [0.25, 0.3) is 0 Å². The largest absolute Gasteiger partial charge is 0.481 e. The maximum atomic E-state index is 11.9. The van der Waals surface area contributed by atoms with E-state index >= 15 is 0 Å². The summed E-state index contributed by atoms with van der Waals surface area (Å²) in [5.74, 6) is -1.97. The van der Waals surface area contributed by atoms with Crippen LogP contribution in [0, 0.1) is 5.92 Å². The van der Waals surface area contributed by atoms with Crippen LogP contribution < -0.4 is 5.73 Å². The molecule has 0 saturated carbocycles. The Kier molecular flexibility index (Phi) is 6.33. The molecule has 1 heterocycles. The number of nitrogens with two attached hydrogens (primary N) is 1. The zero-order chi connectivity index (χ0) is 20.8. The third kappa shape index (κ3) is 4.84. The molecule has 0 aliphatic heterocycles. The van der Waals surface area contributed by atoms with Gasteiger partial charge in [0.1, 0.15) is 0 Å². The Labute approximate surface area is 168 Å². The Bertz CT molecular complexity index is 987. The highest BCUT2D eigenvalue weighted by Crippen LogP contribution is 2.31. The molecule has 0 aliphatic rings. The molecule has 3 rings (SSSR count). The number of nitrogens with one attached hydrogen (secondary N) is 1. The van der Waals surface area contributed by atoms with E-state index in [0.717, 1.165) is 23.1 Å². The number of aromatic nitrogens is 4. The van der Waals surface area contributed by atoms with Crippen molar-refractivity contribution in [2.24, 2.45) is 11.7 Å². The number of carboxylic acid groups (broad SMARTS) is 1. The number of carbonyl (C=O) groups is 2. The Balaban J connectivity index is 1.93. The molecule has 1 amide bonds. The number of H-pyrrole nitrogens is 1. The van der Waals surface area contributed by atoms with Gasteiger partial charge in [0.15, 0.2) is 5.82 Å². The highest BCUT2D eigenvalue weighted by molar-refractivity contribution is 5.94. The van der Waals surface area contributed by atoms with Crippen molar-refractivity contribution in [1.82, 2.24) is 20.6 Å². The molecule has 3 aromatic rings. The van der Waals surface area contributed by atoms with Gasteiger partial charge in [-0.05, 0) is 41.7 Å². The van der Waals surface area contributed by atoms with E-state index in [9.17, 15) is 14.7 Å². The van der Waals surface area contributed by atoms with Gasteiger partial charge in [0.05, 0.1) is 5.92 Å². The summed E-state index contributed by atoms with van der Waals surface area (Å²) in [6.07, 6.45) is 1.72. The molecular weight excluding hydrogens is 370 g/mol. The third-order valence-electron chi connectivity index (χ3n) is 4.96. The SMILES string of the molecule is CCC[C@H](C(=O)O)[C@H](Cc1cccc(-c2cccc(C(N)=O)c2)c1)c1nn[nH]n1. The van der Waals surface area contributed by atoms with Crippen molar-refractivity contribution in [2.45, 2.75) is 32.1 Å². The fourth-order valence-electron chi connectivity index (χ4n) is 3.53. The molecule has 0 spiro atoms. The molecule has 1 aromatic heterocycles. The average molecular weight is 393 g/mol. The summed E-state index contributed by atoms with van der Waals surface area (Å²) in [5.41, 5.74) is 8.55. The molecule has 150 valence electrons. The minimum absolute atomic E-state index is 0.395. The van der Waals surface area contributed by atoms with Crippen molar-refractivity contribution in [3.8, 4) is 11.1 Å². The molecule has 8 heteroatoms. The fraction of sp³-hybridized carbons (Fsp3) is 0.286. The molecule has 8 nitrogen and oxygen atoms in total. The summed E-state index contributed by atoms with van der Waals surface area (Å²) in [6, 6.07) is 14.9. The zero-order valence-electron chi connectivity index (χ0n) is 16.1. The molecule has 2 aromatic carbocycles. The van der Waals surface area contributed by atoms with E-state index < -0.39 is 23.7 Å². The van der Waals surface area contributed by atoms with Crippen molar-refractivity contribution >= 4 is 11.9 Å². The minimum atomic E-state index is -0.869. The zero-order valence-corrected chi connectivity index (χ0v) is 16.1. The first-order valence-electron chi connectivity index (χ1n) is 9.45. The molecule has 4 N–H and O–H groups in total. The second-order valence-corrected chi connectivity index (χ2v) is 6.96. The van der Waals surface area contributed by atoms with E-state index in [2.05, 4.69) is 20.6 Å². The maximum Gasteiger partial charge on any atom is 0.307 e. The Hall–Kier alpha value is -3.55. The number of tetrazole rings is 1. The average Bonchev–Trinajstić information content (AvgIpc) is 3.25. The monoisotopic (exact) mass is 393 g/mol. The van der Waals surface area contributed by atoms with Gasteiger partial charge in [0, 0.05) is 11.5 Å². The van der Waals surface area contributed by atoms with Crippen molar-refractivity contribution in [3.05, 3.63) is 65.5 Å². The molecule has 0 aliphatic carbocycles. The third-order valence-corrected chi connectivity index (χ3v) is 4.96. The Morgan fingerprint density at radius 3 is 2.48 bits per heavy atom. The van der Waals surface area contributed by atoms with Crippen molar-refractivity contribution in [3.63, 3.8) is 0 Å². The standard InChI is InChI=1S/C21H23N5O3/c1-2-5-17(21(28)29)18(20-23-25-26-24-20)11-13-6-3-7-14(10-13)15-8-4-9-16(12-15)19(22)27/h3-4,6-10,12,17-18H,2,5,11H2,1H3,(H2,22,27)(H,28,29)(H,23,24,25,26)/t17-,18-/m0/s1. The van der Waals surface area contributed by atoms with E-state index in [4.69, 9.17) is 5.73 Å². The summed E-state index contributed by atoms with van der Waals surface area (Å²) in [5, 5.41) is 23.9. The maximum absolute atomic E-state index is 11.9. The van der Waals surface area contributed by atoms with Crippen molar-refractivity contribution in [1.29, 1.82) is 0 Å². The molecule has 29 heavy (non-hydrogen) atoms. The second-order valence-electron chi connectivity index (χ2n) is 6.96. The normalized spacial score (nSPS) is 13.0. The van der Waals surface area contributed by atoms with Gasteiger partial charge in [-0.25, -0.2) is 0 Å². The lowest BCUT2D eigenvalue weighted by Crippen LogP contribution is -2.25. The summed E-state index contributed by atoms with van der Waals surface area (Å²) < 4.78 is 0. The molecule has 0 bridgehead atoms. The highest BCUT2D eigenvalue weighted by Gasteiger charge is 2.32. The number of nitrogens with zero attached hydrogens (tertiary/aromatic N) is 3. The molecule has 0 radical (unpaired) electrons. The van der Waals surface area contributed by atoms with Crippen LogP contribution in [-0.2, 0) is 11.2 Å². The first kappa shape index (κ1) is 20.2. The molecule has 2 atom stereocenters. The number of benzene rings is 2. The topological polar surface area (TPSA) is 135 Å². The number of carbonyl (C=O) groups excluding carboxylic acids is 1. The van der Waals surface area contributed by atoms with Crippen LogP contribution in [0.1, 0.15) is 47.4 Å². The number of hydrogen-bond acceptors (Lipinski definition) is 5. The van der Waals surface area contributed by atoms with E-state index in [1.165, 1.54) is 0 Å². The van der Waals surface area contributed by atoms with Gasteiger partial charge < -0.3 is 10.8 Å². The van der Waals surface area contributed by atoms with E-state index in [1.807, 2.05) is 37.3 Å². The first-order valence-corrected chi connectivity index (χ1v) is 9.45. The van der Waals surface area contributed by atoms with Gasteiger partial charge >= 0.3 is 5.97 Å². The number of primary amides is 1. The van der Waals surface area contributed by atoms with Crippen LogP contribution in [0.25, 0.3) is 11.1 Å². The molecular formula is C21H23N5O3. The summed E-state index contributed by atoms with van der Waals surface area (Å²) in [7, 11) is 0. The Morgan fingerprint density at radius 1 is 1.14 bits per heavy atom. The van der Waals surface area contributed by atoms with E-state index in [0.29, 0.717) is 24.2 Å². The predicted octanol–water partition coefficient (Wildman–Crippen LogP) is 2.79. The smallest absolute Gasteiger partial charge is 0.307 e. The molecule has 0 saturated heterocycles. The first-order chi connectivity index (χ1) is 14.0. The summed E-state index contributed by atoms with van der Waals surface area (Å²) in [6.45, 7) is 1.95. The number of rotatable bonds is 9. The van der Waals surface area contributed by atoms with Crippen LogP contribution in [0.4, 0.5) is 0 Å². The van der Waals surface area contributed by atoms with Crippen LogP contribution in [-0.4, -0.2) is 37.6 Å². The van der Waals surface area contributed by atoms with Gasteiger partial charge in [-0.2, -0.15) is 5.21 Å². The predicted molar refractivity (Wildman–Crippen MR) is 107 cm³/mol. The second kappa shape index (κ2) is 9.09. The number of aromatic amines is 1. The van der Waals surface area contributed by atoms with Gasteiger partial charge in [0.2, 0.25) is 5.91 Å². The van der Waals surface area contributed by atoms with Crippen LogP contribution >= 0.6 is 0 Å². The van der Waals surface area contributed by atoms with Crippen LogP contribution in [0.5, 0.6) is 0 Å². The van der Waals surface area contributed by atoms with E-state index in [-0.39, 0.29) is 0 Å². The highest BCUT2D eigenvalue weighted by atomic mass is 16.4. The van der Waals surface area contributed by atoms with Crippen LogP contribution in [0.15, 0.2) is 48.5 Å². The lowest BCUT2D eigenvalue weighted by Gasteiger charge is -2.21. The number of aliphatic carboxylic acids is 1. The summed E-state index contributed by atoms with van der Waals surface area (Å²) in [4.78, 5) is 23.3. The molecule has 0 fully saturated rings. The minimum Gasteiger partial charge on any atom is -0.481 e. The number of hydrogen-bond donors (Lipinski definition) is 3. The van der Waals surface area contributed by atoms with Crippen molar-refractivity contribution < 1.29 is 14.7 Å². The fourth-order valence-corrected chi connectivity index (χ4v) is 3.53. The molecule has 0 unspecified atom stereocenters. The lowest BCUT2D eigenvalue weighted by molar-refractivity contribution is -0.143. The Morgan fingerprint density at radius 2 is 1.86 bits per heavy atom. The van der Waals surface area contributed by atoms with Crippen LogP contribution in [0.2, 0.25) is 0 Å². The van der Waals surface area contributed by atoms with Gasteiger partial charge in [-0.15, -0.1) is 10.2 Å².